The molecule has 0 aliphatic rings. The molecule has 70 valence electrons. The molecule has 0 saturated carbocycles. The van der Waals surface area contributed by atoms with Gasteiger partial charge in [0.25, 0.3) is 0 Å². The van der Waals surface area contributed by atoms with E-state index in [1.54, 1.807) is 12.1 Å². The number of aromatic hydroxyl groups is 1. The Morgan fingerprint density at radius 3 is 2.69 bits per heavy atom. The number of carbonyl (C=O) groups is 1. The molecule has 13 heavy (non-hydrogen) atoms. The summed E-state index contributed by atoms with van der Waals surface area (Å²) in [7, 11) is 0. The van der Waals surface area contributed by atoms with Crippen LogP contribution in [0, 0.1) is 0 Å². The van der Waals surface area contributed by atoms with Crippen LogP contribution in [0.1, 0.15) is 17.3 Å². The summed E-state index contributed by atoms with van der Waals surface area (Å²) in [6.07, 6.45) is 0. The lowest BCUT2D eigenvalue weighted by Gasteiger charge is -2.01. The molecule has 0 radical (unpaired) electrons. The molecule has 0 bridgehead atoms. The second kappa shape index (κ2) is 4.18. The van der Waals surface area contributed by atoms with E-state index in [1.165, 1.54) is 17.8 Å². The highest BCUT2D eigenvalue weighted by Crippen LogP contribution is 2.24. The van der Waals surface area contributed by atoms with Crippen molar-refractivity contribution in [1.82, 2.24) is 0 Å². The Labute approximate surface area is 80.4 Å². The molecule has 0 aliphatic heterocycles. The molecule has 0 atom stereocenters. The molecule has 1 aromatic rings. The maximum Gasteiger partial charge on any atom is 0.335 e. The van der Waals surface area contributed by atoms with Gasteiger partial charge in [0.1, 0.15) is 5.75 Å². The van der Waals surface area contributed by atoms with E-state index in [2.05, 4.69) is 0 Å². The summed E-state index contributed by atoms with van der Waals surface area (Å²) >= 11 is 1.50. The number of benzene rings is 1. The van der Waals surface area contributed by atoms with Crippen LogP contribution in [0.15, 0.2) is 23.1 Å². The van der Waals surface area contributed by atoms with Crippen molar-refractivity contribution in [3.63, 3.8) is 0 Å². The molecule has 3 nitrogen and oxygen atoms in total. The summed E-state index contributed by atoms with van der Waals surface area (Å²) in [5.74, 6) is -0.174. The van der Waals surface area contributed by atoms with E-state index in [4.69, 9.17) is 5.11 Å². The first-order valence-corrected chi connectivity index (χ1v) is 4.82. The van der Waals surface area contributed by atoms with Crippen molar-refractivity contribution in [2.24, 2.45) is 0 Å². The van der Waals surface area contributed by atoms with Crippen molar-refractivity contribution < 1.29 is 15.0 Å². The summed E-state index contributed by atoms with van der Waals surface area (Å²) in [5.41, 5.74) is 0.121. The monoisotopic (exact) mass is 198 g/mol. The van der Waals surface area contributed by atoms with Crippen molar-refractivity contribution in [2.45, 2.75) is 11.8 Å². The van der Waals surface area contributed by atoms with Crippen LogP contribution in [-0.4, -0.2) is 21.9 Å². The zero-order valence-electron chi connectivity index (χ0n) is 7.15. The number of aromatic carboxylic acids is 1. The minimum atomic E-state index is -1.02. The van der Waals surface area contributed by atoms with E-state index in [0.29, 0.717) is 0 Å². The fourth-order valence-corrected chi connectivity index (χ4v) is 1.70. The van der Waals surface area contributed by atoms with Gasteiger partial charge in [-0.2, -0.15) is 0 Å². The summed E-state index contributed by atoms with van der Waals surface area (Å²) in [4.78, 5) is 11.4. The van der Waals surface area contributed by atoms with Gasteiger partial charge in [0, 0.05) is 4.90 Å². The Balaban J connectivity index is 3.03. The summed E-state index contributed by atoms with van der Waals surface area (Å²) < 4.78 is 0. The number of hydrogen-bond acceptors (Lipinski definition) is 3. The van der Waals surface area contributed by atoms with Crippen molar-refractivity contribution in [3.8, 4) is 5.75 Å². The second-order valence-corrected chi connectivity index (χ2v) is 3.79. The molecule has 1 aromatic carbocycles. The van der Waals surface area contributed by atoms with Crippen LogP contribution in [0.2, 0.25) is 0 Å². The zero-order valence-corrected chi connectivity index (χ0v) is 7.97. The fraction of sp³-hybridized carbons (Fsp3) is 0.222. The number of rotatable bonds is 3. The van der Waals surface area contributed by atoms with Crippen molar-refractivity contribution >= 4 is 17.7 Å². The minimum Gasteiger partial charge on any atom is -0.508 e. The average molecular weight is 198 g/mol. The Kier molecular flexibility index (Phi) is 3.19. The third-order valence-electron chi connectivity index (χ3n) is 1.45. The standard InChI is InChI=1S/C9H10O3S/c1-2-13-8-4-6(9(11)12)3-7(10)5-8/h3-5,10H,2H2,1H3,(H,11,12). The summed E-state index contributed by atoms with van der Waals surface area (Å²) in [6.45, 7) is 1.97. The van der Waals surface area contributed by atoms with E-state index in [0.717, 1.165) is 10.6 Å². The van der Waals surface area contributed by atoms with Gasteiger partial charge < -0.3 is 10.2 Å². The van der Waals surface area contributed by atoms with Crippen LogP contribution in [0.3, 0.4) is 0 Å². The highest BCUT2D eigenvalue weighted by molar-refractivity contribution is 7.99. The maximum atomic E-state index is 10.6. The molecule has 2 N–H and O–H groups in total. The van der Waals surface area contributed by atoms with Crippen molar-refractivity contribution in [1.29, 1.82) is 0 Å². The highest BCUT2D eigenvalue weighted by Gasteiger charge is 2.05. The van der Waals surface area contributed by atoms with Gasteiger partial charge in [0.15, 0.2) is 0 Å². The Morgan fingerprint density at radius 1 is 1.46 bits per heavy atom. The average Bonchev–Trinajstić information content (AvgIpc) is 2.03. The predicted molar refractivity (Wildman–Crippen MR) is 51.5 cm³/mol. The van der Waals surface area contributed by atoms with Gasteiger partial charge in [0.2, 0.25) is 0 Å². The van der Waals surface area contributed by atoms with Gasteiger partial charge in [-0.3, -0.25) is 0 Å². The smallest absolute Gasteiger partial charge is 0.335 e. The first-order chi connectivity index (χ1) is 6.13. The third kappa shape index (κ3) is 2.66. The minimum absolute atomic E-state index is 0.00384. The van der Waals surface area contributed by atoms with Gasteiger partial charge in [-0.05, 0) is 24.0 Å². The van der Waals surface area contributed by atoms with Crippen LogP contribution >= 0.6 is 11.8 Å². The van der Waals surface area contributed by atoms with Gasteiger partial charge >= 0.3 is 5.97 Å². The number of carboxylic acid groups (broad SMARTS) is 1. The molecule has 0 saturated heterocycles. The van der Waals surface area contributed by atoms with E-state index in [-0.39, 0.29) is 11.3 Å². The number of hydrogen-bond donors (Lipinski definition) is 2. The van der Waals surface area contributed by atoms with Crippen LogP contribution in [0.4, 0.5) is 0 Å². The lowest BCUT2D eigenvalue weighted by atomic mass is 10.2. The number of phenolic OH excluding ortho intramolecular Hbond substituents is 1. The molecule has 0 fully saturated rings. The number of thioether (sulfide) groups is 1. The van der Waals surface area contributed by atoms with Crippen LogP contribution in [-0.2, 0) is 0 Å². The van der Waals surface area contributed by atoms with E-state index >= 15 is 0 Å². The molecular weight excluding hydrogens is 188 g/mol. The summed E-state index contributed by atoms with van der Waals surface area (Å²) in [5, 5.41) is 17.9. The molecule has 0 aromatic heterocycles. The maximum absolute atomic E-state index is 10.6. The zero-order chi connectivity index (χ0) is 9.84. The highest BCUT2D eigenvalue weighted by atomic mass is 32.2. The largest absolute Gasteiger partial charge is 0.508 e. The van der Waals surface area contributed by atoms with Gasteiger partial charge in [0.05, 0.1) is 5.56 Å². The summed E-state index contributed by atoms with van der Waals surface area (Å²) in [6, 6.07) is 4.35. The lowest BCUT2D eigenvalue weighted by molar-refractivity contribution is 0.0696. The third-order valence-corrected chi connectivity index (χ3v) is 2.31. The number of phenols is 1. The topological polar surface area (TPSA) is 57.5 Å². The van der Waals surface area contributed by atoms with E-state index < -0.39 is 5.97 Å². The predicted octanol–water partition coefficient (Wildman–Crippen LogP) is 2.20. The van der Waals surface area contributed by atoms with Crippen LogP contribution in [0.5, 0.6) is 5.75 Å². The molecule has 0 heterocycles. The van der Waals surface area contributed by atoms with Crippen molar-refractivity contribution in [3.05, 3.63) is 23.8 Å². The molecule has 0 spiro atoms. The Hall–Kier alpha value is -1.16. The lowest BCUT2D eigenvalue weighted by Crippen LogP contribution is -1.95. The molecule has 4 heteroatoms. The SMILES string of the molecule is CCSc1cc(O)cc(C(=O)O)c1. The molecule has 1 rings (SSSR count). The Bertz CT molecular complexity index is 323. The molecule has 0 aliphatic carbocycles. The normalized spacial score (nSPS) is 9.92. The van der Waals surface area contributed by atoms with E-state index in [1.807, 2.05) is 6.92 Å². The fourth-order valence-electron chi connectivity index (χ4n) is 0.957. The van der Waals surface area contributed by atoms with Gasteiger partial charge in [-0.25, -0.2) is 4.79 Å². The quantitative estimate of drug-likeness (QED) is 0.731. The Morgan fingerprint density at radius 2 is 2.15 bits per heavy atom. The molecule has 0 unspecified atom stereocenters. The second-order valence-electron chi connectivity index (χ2n) is 2.45. The number of carboxylic acids is 1. The van der Waals surface area contributed by atoms with Gasteiger partial charge in [-0.1, -0.05) is 6.92 Å². The first-order valence-electron chi connectivity index (χ1n) is 3.83. The van der Waals surface area contributed by atoms with Crippen LogP contribution in [0.25, 0.3) is 0 Å². The van der Waals surface area contributed by atoms with Crippen molar-refractivity contribution in [2.75, 3.05) is 5.75 Å². The molecular formula is C9H10O3S. The van der Waals surface area contributed by atoms with E-state index in [9.17, 15) is 9.90 Å². The molecule has 0 amide bonds. The van der Waals surface area contributed by atoms with Gasteiger partial charge in [-0.15, -0.1) is 11.8 Å². The van der Waals surface area contributed by atoms with Crippen LogP contribution < -0.4 is 0 Å². The first kappa shape index (κ1) is 9.92.